The van der Waals surface area contributed by atoms with Gasteiger partial charge in [0.2, 0.25) is 0 Å². The van der Waals surface area contributed by atoms with Gasteiger partial charge < -0.3 is 5.73 Å². The first-order valence-corrected chi connectivity index (χ1v) is 5.53. The van der Waals surface area contributed by atoms with Gasteiger partial charge >= 0.3 is 0 Å². The first kappa shape index (κ1) is 11.2. The minimum Gasteiger partial charge on any atom is -0.322 e. The van der Waals surface area contributed by atoms with Crippen molar-refractivity contribution >= 4 is 11.5 Å². The molecule has 0 saturated carbocycles. The summed E-state index contributed by atoms with van der Waals surface area (Å²) < 4.78 is 3.93. The van der Waals surface area contributed by atoms with Crippen molar-refractivity contribution in [3.8, 4) is 11.8 Å². The minimum absolute atomic E-state index is 0.0241. The third-order valence-corrected chi connectivity index (χ3v) is 2.81. The lowest BCUT2D eigenvalue weighted by atomic mass is 10.1. The summed E-state index contributed by atoms with van der Waals surface area (Å²) >= 11 is 1.39. The van der Waals surface area contributed by atoms with Crippen molar-refractivity contribution in [1.29, 1.82) is 0 Å². The number of aromatic nitrogens is 2. The molecule has 0 saturated heterocycles. The van der Waals surface area contributed by atoms with Crippen LogP contribution in [0.1, 0.15) is 43.3 Å². The lowest BCUT2D eigenvalue weighted by Crippen LogP contribution is -2.09. The molecule has 0 aliphatic heterocycles. The Morgan fingerprint density at radius 2 is 2.36 bits per heavy atom. The molecule has 1 aromatic rings. The Labute approximate surface area is 88.9 Å². The molecule has 0 aliphatic rings. The lowest BCUT2D eigenvalue weighted by molar-refractivity contribution is 0.741. The highest BCUT2D eigenvalue weighted by molar-refractivity contribution is 7.05. The van der Waals surface area contributed by atoms with Gasteiger partial charge in [0.25, 0.3) is 0 Å². The first-order valence-electron chi connectivity index (χ1n) is 4.75. The number of nitrogens with zero attached hydrogens (tertiary/aromatic N) is 2. The maximum atomic E-state index is 5.98. The summed E-state index contributed by atoms with van der Waals surface area (Å²) in [7, 11) is 0. The van der Waals surface area contributed by atoms with E-state index in [9.17, 15) is 0 Å². The Hall–Kier alpha value is -0.920. The number of hydrogen-bond donors (Lipinski definition) is 1. The van der Waals surface area contributed by atoms with E-state index in [1.165, 1.54) is 11.5 Å². The van der Waals surface area contributed by atoms with E-state index in [2.05, 4.69) is 28.4 Å². The Morgan fingerprint density at radius 3 is 3.00 bits per heavy atom. The molecule has 0 spiro atoms. The van der Waals surface area contributed by atoms with Crippen molar-refractivity contribution in [3.63, 3.8) is 0 Å². The molecule has 14 heavy (non-hydrogen) atoms. The fourth-order valence-electron chi connectivity index (χ4n) is 1.21. The monoisotopic (exact) mass is 209 g/mol. The molecule has 3 nitrogen and oxygen atoms in total. The van der Waals surface area contributed by atoms with Gasteiger partial charge in [0, 0.05) is 6.42 Å². The topological polar surface area (TPSA) is 51.8 Å². The SMILES string of the molecule is CC#CCC(N)c1snnc1CCC. The van der Waals surface area contributed by atoms with Gasteiger partial charge in [0.15, 0.2) is 0 Å². The van der Waals surface area contributed by atoms with Gasteiger partial charge in [-0.25, -0.2) is 0 Å². The molecule has 1 atom stereocenters. The molecule has 0 amide bonds. The largest absolute Gasteiger partial charge is 0.322 e. The van der Waals surface area contributed by atoms with Crippen LogP contribution in [0.5, 0.6) is 0 Å². The smallest absolute Gasteiger partial charge is 0.0803 e. The summed E-state index contributed by atoms with van der Waals surface area (Å²) in [5.74, 6) is 5.83. The second-order valence-corrected chi connectivity index (χ2v) is 3.86. The molecule has 1 aromatic heterocycles. The van der Waals surface area contributed by atoms with Crippen LogP contribution in [0.3, 0.4) is 0 Å². The second-order valence-electron chi connectivity index (χ2n) is 3.07. The van der Waals surface area contributed by atoms with Gasteiger partial charge in [0.1, 0.15) is 0 Å². The molecular weight excluding hydrogens is 194 g/mol. The van der Waals surface area contributed by atoms with Gasteiger partial charge in [-0.1, -0.05) is 17.8 Å². The fraction of sp³-hybridized carbons (Fsp3) is 0.600. The van der Waals surface area contributed by atoms with Gasteiger partial charge in [-0.15, -0.1) is 16.9 Å². The predicted molar refractivity (Wildman–Crippen MR) is 58.9 cm³/mol. The molecule has 0 aromatic carbocycles. The van der Waals surface area contributed by atoms with Crippen molar-refractivity contribution in [2.75, 3.05) is 0 Å². The summed E-state index contributed by atoms with van der Waals surface area (Å²) in [5, 5.41) is 4.08. The van der Waals surface area contributed by atoms with Crippen LogP contribution >= 0.6 is 11.5 Å². The van der Waals surface area contributed by atoms with Crippen LogP contribution in [0, 0.1) is 11.8 Å². The molecule has 1 heterocycles. The van der Waals surface area contributed by atoms with E-state index in [1.807, 2.05) is 6.92 Å². The van der Waals surface area contributed by atoms with Crippen LogP contribution in [0.2, 0.25) is 0 Å². The highest BCUT2D eigenvalue weighted by atomic mass is 32.1. The van der Waals surface area contributed by atoms with Crippen LogP contribution in [0.15, 0.2) is 0 Å². The quantitative estimate of drug-likeness (QED) is 0.771. The van der Waals surface area contributed by atoms with Crippen molar-refractivity contribution in [2.24, 2.45) is 5.73 Å². The van der Waals surface area contributed by atoms with Gasteiger partial charge in [-0.3, -0.25) is 0 Å². The summed E-state index contributed by atoms with van der Waals surface area (Å²) in [6.07, 6.45) is 2.72. The Kier molecular flexibility index (Phi) is 4.57. The van der Waals surface area contributed by atoms with E-state index < -0.39 is 0 Å². The van der Waals surface area contributed by atoms with Gasteiger partial charge in [-0.05, 0) is 24.9 Å². The maximum Gasteiger partial charge on any atom is 0.0803 e. The summed E-state index contributed by atoms with van der Waals surface area (Å²) in [5.41, 5.74) is 7.03. The molecule has 1 rings (SSSR count). The van der Waals surface area contributed by atoms with Crippen LogP contribution < -0.4 is 5.73 Å². The van der Waals surface area contributed by atoms with Crippen molar-refractivity contribution in [2.45, 2.75) is 39.2 Å². The zero-order valence-electron chi connectivity index (χ0n) is 8.58. The number of nitrogens with two attached hydrogens (primary N) is 1. The van der Waals surface area contributed by atoms with Crippen LogP contribution in [0.4, 0.5) is 0 Å². The molecule has 0 fully saturated rings. The number of aryl methyl sites for hydroxylation is 1. The predicted octanol–water partition coefficient (Wildman–Crippen LogP) is 1.90. The van der Waals surface area contributed by atoms with Crippen LogP contribution in [0.25, 0.3) is 0 Å². The highest BCUT2D eigenvalue weighted by Gasteiger charge is 2.13. The second kappa shape index (κ2) is 5.74. The van der Waals surface area contributed by atoms with E-state index in [0.717, 1.165) is 23.4 Å². The average Bonchev–Trinajstić information content (AvgIpc) is 2.63. The molecule has 0 bridgehead atoms. The number of hydrogen-bond acceptors (Lipinski definition) is 4. The normalized spacial score (nSPS) is 11.9. The number of rotatable bonds is 4. The van der Waals surface area contributed by atoms with E-state index in [0.29, 0.717) is 6.42 Å². The molecule has 76 valence electrons. The molecular formula is C10H15N3S. The molecule has 0 radical (unpaired) electrons. The molecule has 1 unspecified atom stereocenters. The summed E-state index contributed by atoms with van der Waals surface area (Å²) in [4.78, 5) is 1.09. The van der Waals surface area contributed by atoms with Crippen molar-refractivity contribution < 1.29 is 0 Å². The molecule has 0 aliphatic carbocycles. The van der Waals surface area contributed by atoms with E-state index in [1.54, 1.807) is 0 Å². The first-order chi connectivity index (χ1) is 6.79. The third-order valence-electron chi connectivity index (χ3n) is 1.91. The highest BCUT2D eigenvalue weighted by Crippen LogP contribution is 2.21. The zero-order chi connectivity index (χ0) is 10.4. The van der Waals surface area contributed by atoms with Gasteiger partial charge in [0.05, 0.1) is 16.6 Å². The zero-order valence-corrected chi connectivity index (χ0v) is 9.40. The fourth-order valence-corrected chi connectivity index (χ4v) is 1.91. The summed E-state index contributed by atoms with van der Waals surface area (Å²) in [6.45, 7) is 3.95. The standard InChI is InChI=1S/C10H15N3S/c1-3-5-7-8(11)10-9(6-4-2)12-13-14-10/h8H,4,6-7,11H2,1-2H3. The Balaban J connectivity index is 2.71. The van der Waals surface area contributed by atoms with Crippen molar-refractivity contribution in [3.05, 3.63) is 10.6 Å². The van der Waals surface area contributed by atoms with Crippen molar-refractivity contribution in [1.82, 2.24) is 9.59 Å². The van der Waals surface area contributed by atoms with E-state index in [4.69, 9.17) is 5.73 Å². The van der Waals surface area contributed by atoms with Crippen LogP contribution in [-0.2, 0) is 6.42 Å². The average molecular weight is 209 g/mol. The molecule has 4 heteroatoms. The summed E-state index contributed by atoms with van der Waals surface area (Å²) in [6, 6.07) is -0.0241. The lowest BCUT2D eigenvalue weighted by Gasteiger charge is -2.05. The minimum atomic E-state index is -0.0241. The third kappa shape index (κ3) is 2.79. The van der Waals surface area contributed by atoms with Crippen LogP contribution in [-0.4, -0.2) is 9.59 Å². The molecule has 2 N–H and O–H groups in total. The maximum absolute atomic E-state index is 5.98. The Morgan fingerprint density at radius 1 is 1.57 bits per heavy atom. The van der Waals surface area contributed by atoms with Gasteiger partial charge in [-0.2, -0.15) is 0 Å². The Bertz CT molecular complexity index is 335. The van der Waals surface area contributed by atoms with E-state index in [-0.39, 0.29) is 6.04 Å². The van der Waals surface area contributed by atoms with E-state index >= 15 is 0 Å².